The Labute approximate surface area is 87.5 Å². The number of nitrogens with one attached hydrogen (secondary N) is 1. The summed E-state index contributed by atoms with van der Waals surface area (Å²) in [6.07, 6.45) is 8.76. The Morgan fingerprint density at radius 2 is 2.47 bits per heavy atom. The van der Waals surface area contributed by atoms with Crippen LogP contribution in [0.15, 0.2) is 10.7 Å². The van der Waals surface area contributed by atoms with Crippen LogP contribution in [0.25, 0.3) is 0 Å². The minimum Gasteiger partial charge on any atom is -0.476 e. The van der Waals surface area contributed by atoms with Crippen LogP contribution in [0.4, 0.5) is 6.01 Å². The predicted octanol–water partition coefficient (Wildman–Crippen LogP) is 1.59. The summed E-state index contributed by atoms with van der Waals surface area (Å²) in [7, 11) is 0. The minimum atomic E-state index is -1.10. The maximum atomic E-state index is 10.5. The molecular weight excluding hydrogens is 196 g/mol. The fourth-order valence-corrected chi connectivity index (χ4v) is 1.00. The summed E-state index contributed by atoms with van der Waals surface area (Å²) in [6.45, 7) is 0.668. The lowest BCUT2D eigenvalue weighted by Crippen LogP contribution is -2.02. The van der Waals surface area contributed by atoms with Crippen LogP contribution in [-0.2, 0) is 0 Å². The van der Waals surface area contributed by atoms with E-state index in [1.165, 1.54) is 0 Å². The molecule has 1 aromatic heterocycles. The largest absolute Gasteiger partial charge is 0.476 e. The number of nitrogens with zero attached hydrogens (tertiary/aromatic N) is 1. The summed E-state index contributed by atoms with van der Waals surface area (Å²) in [5.74, 6) is 1.44. The molecule has 5 heteroatoms. The first-order valence-electron chi connectivity index (χ1n) is 4.60. The molecule has 2 N–H and O–H groups in total. The van der Waals surface area contributed by atoms with Gasteiger partial charge in [-0.25, -0.2) is 4.79 Å². The Balaban J connectivity index is 2.26. The van der Waals surface area contributed by atoms with Crippen molar-refractivity contribution in [2.45, 2.75) is 19.3 Å². The Morgan fingerprint density at radius 1 is 1.67 bits per heavy atom. The number of terminal acetylenes is 1. The van der Waals surface area contributed by atoms with E-state index in [9.17, 15) is 4.79 Å². The van der Waals surface area contributed by atoms with Crippen LogP contribution in [0, 0.1) is 12.3 Å². The minimum absolute atomic E-state index is 0.0962. The van der Waals surface area contributed by atoms with Crippen molar-refractivity contribution in [3.05, 3.63) is 12.0 Å². The molecule has 0 fully saturated rings. The second kappa shape index (κ2) is 5.70. The summed E-state index contributed by atoms with van der Waals surface area (Å²) in [5, 5.41) is 11.4. The quantitative estimate of drug-likeness (QED) is 0.548. The van der Waals surface area contributed by atoms with Gasteiger partial charge >= 0.3 is 5.97 Å². The molecule has 0 saturated carbocycles. The molecule has 0 bridgehead atoms. The molecule has 0 spiro atoms. The summed E-state index contributed by atoms with van der Waals surface area (Å²) in [4.78, 5) is 14.2. The lowest BCUT2D eigenvalue weighted by Gasteiger charge is -1.98. The van der Waals surface area contributed by atoms with Gasteiger partial charge in [-0.3, -0.25) is 0 Å². The second-order valence-electron chi connectivity index (χ2n) is 2.93. The number of unbranched alkanes of at least 4 members (excludes halogenated alkanes) is 2. The topological polar surface area (TPSA) is 75.4 Å². The molecule has 0 radical (unpaired) electrons. The van der Waals surface area contributed by atoms with Gasteiger partial charge in [-0.05, 0) is 12.8 Å². The van der Waals surface area contributed by atoms with Crippen LogP contribution in [0.3, 0.4) is 0 Å². The van der Waals surface area contributed by atoms with Gasteiger partial charge in [-0.1, -0.05) is 0 Å². The third kappa shape index (κ3) is 3.73. The van der Waals surface area contributed by atoms with E-state index in [0.717, 1.165) is 25.5 Å². The van der Waals surface area contributed by atoms with Gasteiger partial charge in [0.15, 0.2) is 5.69 Å². The van der Waals surface area contributed by atoms with Crippen molar-refractivity contribution in [3.63, 3.8) is 0 Å². The summed E-state index contributed by atoms with van der Waals surface area (Å²) in [6, 6.07) is 0.230. The molecule has 0 aliphatic carbocycles. The molecule has 1 aromatic rings. The van der Waals surface area contributed by atoms with E-state index >= 15 is 0 Å². The van der Waals surface area contributed by atoms with Crippen LogP contribution in [0.5, 0.6) is 0 Å². The fourth-order valence-electron chi connectivity index (χ4n) is 1.00. The van der Waals surface area contributed by atoms with E-state index in [-0.39, 0.29) is 11.7 Å². The Kier molecular flexibility index (Phi) is 4.23. The molecule has 0 aliphatic rings. The first-order chi connectivity index (χ1) is 7.24. The zero-order valence-electron chi connectivity index (χ0n) is 8.19. The van der Waals surface area contributed by atoms with Crippen molar-refractivity contribution in [3.8, 4) is 12.3 Å². The van der Waals surface area contributed by atoms with Crippen LogP contribution in [-0.4, -0.2) is 22.6 Å². The van der Waals surface area contributed by atoms with Gasteiger partial charge < -0.3 is 14.8 Å². The molecule has 0 aromatic carbocycles. The Hall–Kier alpha value is -1.96. The van der Waals surface area contributed by atoms with E-state index in [1.54, 1.807) is 0 Å². The molecule has 0 atom stereocenters. The van der Waals surface area contributed by atoms with Gasteiger partial charge in [-0.2, -0.15) is 4.98 Å². The average molecular weight is 208 g/mol. The van der Waals surface area contributed by atoms with Crippen molar-refractivity contribution in [2.75, 3.05) is 11.9 Å². The number of hydrogen-bond donors (Lipinski definition) is 2. The monoisotopic (exact) mass is 208 g/mol. The first kappa shape index (κ1) is 11.1. The van der Waals surface area contributed by atoms with E-state index in [1.807, 2.05) is 0 Å². The van der Waals surface area contributed by atoms with Gasteiger partial charge in [0.1, 0.15) is 6.26 Å². The molecule has 1 rings (SSSR count). The molecule has 80 valence electrons. The number of carboxylic acid groups (broad SMARTS) is 1. The van der Waals surface area contributed by atoms with Crippen molar-refractivity contribution < 1.29 is 14.3 Å². The smallest absolute Gasteiger partial charge is 0.357 e. The molecule has 5 nitrogen and oxygen atoms in total. The molecule has 0 saturated heterocycles. The van der Waals surface area contributed by atoms with E-state index in [2.05, 4.69) is 16.2 Å². The summed E-state index contributed by atoms with van der Waals surface area (Å²) < 4.78 is 4.89. The summed E-state index contributed by atoms with van der Waals surface area (Å²) in [5.41, 5.74) is -0.0962. The van der Waals surface area contributed by atoms with Crippen molar-refractivity contribution >= 4 is 12.0 Å². The highest BCUT2D eigenvalue weighted by Crippen LogP contribution is 2.07. The maximum Gasteiger partial charge on any atom is 0.357 e. The second-order valence-corrected chi connectivity index (χ2v) is 2.93. The molecule has 15 heavy (non-hydrogen) atoms. The predicted molar refractivity (Wildman–Crippen MR) is 54.6 cm³/mol. The Bertz CT molecular complexity index is 365. The van der Waals surface area contributed by atoms with Crippen LogP contribution >= 0.6 is 0 Å². The number of hydrogen-bond acceptors (Lipinski definition) is 4. The normalized spacial score (nSPS) is 9.53. The van der Waals surface area contributed by atoms with E-state index < -0.39 is 5.97 Å². The Morgan fingerprint density at radius 3 is 3.07 bits per heavy atom. The van der Waals surface area contributed by atoms with Gasteiger partial charge in [0, 0.05) is 13.0 Å². The fraction of sp³-hybridized carbons (Fsp3) is 0.400. The molecule has 0 unspecified atom stereocenters. The summed E-state index contributed by atoms with van der Waals surface area (Å²) >= 11 is 0. The number of aromatic nitrogens is 1. The lowest BCUT2D eigenvalue weighted by atomic mass is 10.2. The zero-order chi connectivity index (χ0) is 11.1. The number of carbonyl (C=O) groups is 1. The van der Waals surface area contributed by atoms with E-state index in [4.69, 9.17) is 15.9 Å². The van der Waals surface area contributed by atoms with E-state index in [0.29, 0.717) is 6.54 Å². The highest BCUT2D eigenvalue weighted by molar-refractivity contribution is 5.85. The third-order valence-electron chi connectivity index (χ3n) is 1.75. The highest BCUT2D eigenvalue weighted by Gasteiger charge is 2.09. The third-order valence-corrected chi connectivity index (χ3v) is 1.75. The van der Waals surface area contributed by atoms with Gasteiger partial charge in [0.2, 0.25) is 0 Å². The number of rotatable bonds is 6. The SMILES string of the molecule is C#CCCCCNc1nc(C(=O)O)co1. The molecule has 0 aliphatic heterocycles. The van der Waals surface area contributed by atoms with Gasteiger partial charge in [0.05, 0.1) is 0 Å². The van der Waals surface area contributed by atoms with Crippen molar-refractivity contribution in [2.24, 2.45) is 0 Å². The van der Waals surface area contributed by atoms with Crippen LogP contribution in [0.1, 0.15) is 29.8 Å². The molecule has 0 amide bonds. The van der Waals surface area contributed by atoms with Gasteiger partial charge in [-0.15, -0.1) is 12.3 Å². The maximum absolute atomic E-state index is 10.5. The number of aromatic carboxylic acids is 1. The number of anilines is 1. The van der Waals surface area contributed by atoms with Gasteiger partial charge in [0.25, 0.3) is 6.01 Å². The highest BCUT2D eigenvalue weighted by atomic mass is 16.4. The molecular formula is C10H12N2O3. The van der Waals surface area contributed by atoms with Crippen LogP contribution < -0.4 is 5.32 Å². The number of oxazole rings is 1. The first-order valence-corrected chi connectivity index (χ1v) is 4.60. The average Bonchev–Trinajstić information content (AvgIpc) is 2.66. The van der Waals surface area contributed by atoms with Crippen molar-refractivity contribution in [1.82, 2.24) is 4.98 Å². The van der Waals surface area contributed by atoms with Crippen LogP contribution in [0.2, 0.25) is 0 Å². The number of carboxylic acids is 1. The molecule has 1 heterocycles. The lowest BCUT2D eigenvalue weighted by molar-refractivity contribution is 0.0690. The van der Waals surface area contributed by atoms with Crippen molar-refractivity contribution in [1.29, 1.82) is 0 Å². The standard InChI is InChI=1S/C10H12N2O3/c1-2-3-4-5-6-11-10-12-8(7-15-10)9(13)14/h1,7H,3-6H2,(H,11,12)(H,13,14). The zero-order valence-corrected chi connectivity index (χ0v) is 8.19.